The normalized spacial score (nSPS) is 10.4. The Morgan fingerprint density at radius 3 is 2.79 bits per heavy atom. The molecule has 0 radical (unpaired) electrons. The minimum absolute atomic E-state index is 0.426. The molecule has 2 nitrogen and oxygen atoms in total. The topological polar surface area (TPSA) is 26.3 Å². The quantitative estimate of drug-likeness (QED) is 0.564. The van der Waals surface area contributed by atoms with Crippen molar-refractivity contribution in [1.82, 2.24) is 0 Å². The van der Waals surface area contributed by atoms with Crippen molar-refractivity contribution in [2.75, 3.05) is 13.0 Å². The number of carbonyl (C=O) groups excluding carboxylic acids is 1. The molecule has 0 spiro atoms. The van der Waals surface area contributed by atoms with Gasteiger partial charge in [0.2, 0.25) is 0 Å². The molecule has 0 fully saturated rings. The molecule has 0 heterocycles. The van der Waals surface area contributed by atoms with Crippen LogP contribution in [0, 0.1) is 0 Å². The highest BCUT2D eigenvalue weighted by molar-refractivity contribution is 6.19. The lowest BCUT2D eigenvalue weighted by atomic mass is 10.1. The predicted molar refractivity (Wildman–Crippen MR) is 58.1 cm³/mol. The molecule has 0 bridgehead atoms. The standard InChI is InChI=1S/C11H11ClO2/c1-14-11-5-4-10(8-13)9(7-11)3-2-6-12/h2-5,7-8H,6H2,1H3. The second-order valence-corrected chi connectivity index (χ2v) is 2.98. The largest absolute Gasteiger partial charge is 0.497 e. The van der Waals surface area contributed by atoms with E-state index in [9.17, 15) is 4.79 Å². The zero-order valence-electron chi connectivity index (χ0n) is 7.87. The van der Waals surface area contributed by atoms with Crippen LogP contribution in [0.3, 0.4) is 0 Å². The summed E-state index contributed by atoms with van der Waals surface area (Å²) in [5.41, 5.74) is 1.45. The van der Waals surface area contributed by atoms with Crippen molar-refractivity contribution in [3.8, 4) is 5.75 Å². The van der Waals surface area contributed by atoms with Crippen LogP contribution in [-0.2, 0) is 0 Å². The van der Waals surface area contributed by atoms with Crippen molar-refractivity contribution < 1.29 is 9.53 Å². The molecule has 0 atom stereocenters. The fourth-order valence-corrected chi connectivity index (χ4v) is 1.19. The first kappa shape index (κ1) is 10.8. The van der Waals surface area contributed by atoms with Crippen LogP contribution in [0.1, 0.15) is 15.9 Å². The Labute approximate surface area is 88.1 Å². The molecule has 1 aromatic rings. The van der Waals surface area contributed by atoms with E-state index < -0.39 is 0 Å². The van der Waals surface area contributed by atoms with E-state index in [-0.39, 0.29) is 0 Å². The predicted octanol–water partition coefficient (Wildman–Crippen LogP) is 2.76. The molecule has 14 heavy (non-hydrogen) atoms. The summed E-state index contributed by atoms with van der Waals surface area (Å²) < 4.78 is 5.05. The summed E-state index contributed by atoms with van der Waals surface area (Å²) in [5.74, 6) is 1.15. The summed E-state index contributed by atoms with van der Waals surface area (Å²) in [6, 6.07) is 5.27. The van der Waals surface area contributed by atoms with E-state index in [0.717, 1.165) is 17.6 Å². The van der Waals surface area contributed by atoms with Gasteiger partial charge in [0, 0.05) is 11.4 Å². The Balaban J connectivity index is 3.08. The minimum atomic E-state index is 0.426. The molecule has 74 valence electrons. The highest BCUT2D eigenvalue weighted by Crippen LogP contribution is 2.17. The molecule has 0 aliphatic carbocycles. The zero-order chi connectivity index (χ0) is 10.4. The Kier molecular flexibility index (Phi) is 4.20. The van der Waals surface area contributed by atoms with Crippen molar-refractivity contribution in [2.24, 2.45) is 0 Å². The average Bonchev–Trinajstić information content (AvgIpc) is 2.25. The van der Waals surface area contributed by atoms with Gasteiger partial charge in [-0.2, -0.15) is 0 Å². The van der Waals surface area contributed by atoms with E-state index >= 15 is 0 Å². The fraction of sp³-hybridized carbons (Fsp3) is 0.182. The van der Waals surface area contributed by atoms with Crippen LogP contribution in [0.5, 0.6) is 5.75 Å². The van der Waals surface area contributed by atoms with Crippen LogP contribution >= 0.6 is 11.6 Å². The zero-order valence-corrected chi connectivity index (χ0v) is 8.62. The summed E-state index contributed by atoms with van der Waals surface area (Å²) in [7, 11) is 1.59. The van der Waals surface area contributed by atoms with Gasteiger partial charge in [0.25, 0.3) is 0 Å². The van der Waals surface area contributed by atoms with Crippen LogP contribution in [0.4, 0.5) is 0 Å². The first-order chi connectivity index (χ1) is 6.81. The maximum atomic E-state index is 10.7. The summed E-state index contributed by atoms with van der Waals surface area (Å²) >= 11 is 5.51. The van der Waals surface area contributed by atoms with Crippen LogP contribution in [0.2, 0.25) is 0 Å². The maximum Gasteiger partial charge on any atom is 0.150 e. The fourth-order valence-electron chi connectivity index (χ4n) is 1.10. The van der Waals surface area contributed by atoms with E-state index in [1.54, 1.807) is 37.5 Å². The summed E-state index contributed by atoms with van der Waals surface area (Å²) in [5, 5.41) is 0. The summed E-state index contributed by atoms with van der Waals surface area (Å²) in [4.78, 5) is 10.7. The van der Waals surface area contributed by atoms with E-state index in [4.69, 9.17) is 16.3 Å². The first-order valence-electron chi connectivity index (χ1n) is 4.17. The molecule has 1 rings (SSSR count). The first-order valence-corrected chi connectivity index (χ1v) is 4.71. The van der Waals surface area contributed by atoms with Crippen molar-refractivity contribution in [3.05, 3.63) is 35.4 Å². The average molecular weight is 211 g/mol. The number of halogens is 1. The molecule has 0 aliphatic heterocycles. The Morgan fingerprint density at radius 2 is 2.21 bits per heavy atom. The lowest BCUT2D eigenvalue weighted by Crippen LogP contribution is -1.89. The Bertz CT molecular complexity index is 345. The number of methoxy groups -OCH3 is 1. The third-order valence-corrected chi connectivity index (χ3v) is 1.99. The molecule has 0 saturated carbocycles. The van der Waals surface area contributed by atoms with Gasteiger partial charge in [0.15, 0.2) is 6.29 Å². The van der Waals surface area contributed by atoms with Gasteiger partial charge in [-0.3, -0.25) is 4.79 Å². The Hall–Kier alpha value is -1.28. The van der Waals surface area contributed by atoms with Crippen molar-refractivity contribution in [3.63, 3.8) is 0 Å². The SMILES string of the molecule is COc1ccc(C=O)c(C=CCCl)c1. The maximum absolute atomic E-state index is 10.7. The van der Waals surface area contributed by atoms with Gasteiger partial charge >= 0.3 is 0 Å². The number of ether oxygens (including phenoxy) is 1. The highest BCUT2D eigenvalue weighted by Gasteiger charge is 1.99. The molecular weight excluding hydrogens is 200 g/mol. The van der Waals surface area contributed by atoms with E-state index in [1.807, 2.05) is 0 Å². The van der Waals surface area contributed by atoms with Gasteiger partial charge in [-0.25, -0.2) is 0 Å². The van der Waals surface area contributed by atoms with Crippen LogP contribution in [-0.4, -0.2) is 19.3 Å². The van der Waals surface area contributed by atoms with E-state index in [2.05, 4.69) is 0 Å². The molecule has 3 heteroatoms. The number of benzene rings is 1. The van der Waals surface area contributed by atoms with Crippen LogP contribution in [0.25, 0.3) is 6.08 Å². The van der Waals surface area contributed by atoms with E-state index in [1.165, 1.54) is 0 Å². The molecule has 0 N–H and O–H groups in total. The van der Waals surface area contributed by atoms with Crippen LogP contribution < -0.4 is 4.74 Å². The van der Waals surface area contributed by atoms with Crippen molar-refractivity contribution >= 4 is 24.0 Å². The third-order valence-electron chi connectivity index (χ3n) is 1.81. The van der Waals surface area contributed by atoms with Gasteiger partial charge in [-0.05, 0) is 23.8 Å². The van der Waals surface area contributed by atoms with Gasteiger partial charge in [0.05, 0.1) is 7.11 Å². The lowest BCUT2D eigenvalue weighted by Gasteiger charge is -2.03. The lowest BCUT2D eigenvalue weighted by molar-refractivity contribution is 0.112. The van der Waals surface area contributed by atoms with Gasteiger partial charge in [-0.15, -0.1) is 11.6 Å². The van der Waals surface area contributed by atoms with Gasteiger partial charge < -0.3 is 4.74 Å². The van der Waals surface area contributed by atoms with Crippen molar-refractivity contribution in [2.45, 2.75) is 0 Å². The molecular formula is C11H11ClO2. The molecule has 0 unspecified atom stereocenters. The molecule has 0 saturated heterocycles. The summed E-state index contributed by atoms with van der Waals surface area (Å²) in [6.07, 6.45) is 4.40. The number of alkyl halides is 1. The van der Waals surface area contributed by atoms with E-state index in [0.29, 0.717) is 11.4 Å². The number of rotatable bonds is 4. The highest BCUT2D eigenvalue weighted by atomic mass is 35.5. The summed E-state index contributed by atoms with van der Waals surface area (Å²) in [6.45, 7) is 0. The van der Waals surface area contributed by atoms with Crippen LogP contribution in [0.15, 0.2) is 24.3 Å². The smallest absolute Gasteiger partial charge is 0.150 e. The minimum Gasteiger partial charge on any atom is -0.497 e. The van der Waals surface area contributed by atoms with Crippen molar-refractivity contribution in [1.29, 1.82) is 0 Å². The number of hydrogen-bond donors (Lipinski definition) is 0. The number of aldehydes is 1. The third kappa shape index (κ3) is 2.60. The molecule has 0 aliphatic rings. The second kappa shape index (κ2) is 5.45. The number of carbonyl (C=O) groups is 1. The van der Waals surface area contributed by atoms with Gasteiger partial charge in [-0.1, -0.05) is 12.2 Å². The number of hydrogen-bond acceptors (Lipinski definition) is 2. The monoisotopic (exact) mass is 210 g/mol. The second-order valence-electron chi connectivity index (χ2n) is 2.67. The molecule has 1 aromatic carbocycles. The number of allylic oxidation sites excluding steroid dienone is 1. The Morgan fingerprint density at radius 1 is 1.43 bits per heavy atom. The molecule has 0 amide bonds. The van der Waals surface area contributed by atoms with Gasteiger partial charge in [0.1, 0.15) is 5.75 Å². The molecule has 0 aromatic heterocycles.